The molecule has 1 heterocycles. The van der Waals surface area contributed by atoms with Crippen molar-refractivity contribution in [2.45, 2.75) is 19.1 Å². The van der Waals surface area contributed by atoms with E-state index in [0.29, 0.717) is 13.1 Å². The predicted octanol–water partition coefficient (Wildman–Crippen LogP) is -0.122. The Kier molecular flexibility index (Phi) is 3.05. The van der Waals surface area contributed by atoms with Gasteiger partial charge in [-0.1, -0.05) is 0 Å². The average Bonchev–Trinajstić information content (AvgIpc) is 2.46. The molecule has 2 unspecified atom stereocenters. The van der Waals surface area contributed by atoms with Crippen LogP contribution >= 0.6 is 0 Å². The van der Waals surface area contributed by atoms with Gasteiger partial charge in [-0.2, -0.15) is 0 Å². The lowest BCUT2D eigenvalue weighted by molar-refractivity contribution is -0.128. The molecule has 0 aliphatic carbocycles. The fraction of sp³-hybridized carbons (Fsp3) is 0.875. The van der Waals surface area contributed by atoms with E-state index < -0.39 is 0 Å². The van der Waals surface area contributed by atoms with Gasteiger partial charge in [-0.25, -0.2) is 0 Å². The first-order valence-electron chi connectivity index (χ1n) is 4.00. The van der Waals surface area contributed by atoms with Crippen molar-refractivity contribution in [3.05, 3.63) is 0 Å². The topological polar surface area (TPSA) is 38.8 Å². The van der Waals surface area contributed by atoms with Crippen LogP contribution in [0.4, 0.5) is 0 Å². The molecule has 12 heavy (non-hydrogen) atoms. The molecule has 0 aromatic rings. The average molecular weight is 173 g/mol. The van der Waals surface area contributed by atoms with Crippen molar-refractivity contribution in [1.29, 1.82) is 0 Å². The molecule has 1 fully saturated rings. The minimum atomic E-state index is 0.0268. The number of rotatable bonds is 2. The van der Waals surface area contributed by atoms with Gasteiger partial charge in [-0.15, -0.1) is 0 Å². The molecule has 2 atom stereocenters. The fourth-order valence-corrected chi connectivity index (χ4v) is 1.45. The molecule has 0 saturated carbocycles. The van der Waals surface area contributed by atoms with E-state index in [-0.39, 0.29) is 18.1 Å². The normalized spacial score (nSPS) is 29.4. The Labute approximate surface area is 72.4 Å². The second-order valence-electron chi connectivity index (χ2n) is 2.97. The molecule has 0 radical (unpaired) electrons. The Morgan fingerprint density at radius 3 is 1.92 bits per heavy atom. The van der Waals surface area contributed by atoms with E-state index in [1.54, 1.807) is 26.0 Å². The number of methoxy groups -OCH3 is 2. The van der Waals surface area contributed by atoms with Gasteiger partial charge in [0.05, 0.1) is 0 Å². The minimum Gasteiger partial charge on any atom is -0.377 e. The maximum atomic E-state index is 11.0. The summed E-state index contributed by atoms with van der Waals surface area (Å²) in [4.78, 5) is 12.7. The first-order valence-corrected chi connectivity index (χ1v) is 4.00. The van der Waals surface area contributed by atoms with Crippen LogP contribution in [0.3, 0.4) is 0 Å². The van der Waals surface area contributed by atoms with Crippen molar-refractivity contribution in [1.82, 2.24) is 4.90 Å². The number of nitrogens with zero attached hydrogens (tertiary/aromatic N) is 1. The summed E-state index contributed by atoms with van der Waals surface area (Å²) >= 11 is 0. The number of carbonyl (C=O) groups excluding carboxylic acids is 1. The maximum absolute atomic E-state index is 11.0. The number of likely N-dealkylation sites (tertiary alicyclic amines) is 1. The Hall–Kier alpha value is -0.610. The first-order chi connectivity index (χ1) is 5.69. The molecule has 1 saturated heterocycles. The molecule has 0 spiro atoms. The summed E-state index contributed by atoms with van der Waals surface area (Å²) in [7, 11) is 3.28. The molecule has 0 aromatic carbocycles. The first kappa shape index (κ1) is 9.48. The van der Waals surface area contributed by atoms with Crippen LogP contribution in [0.5, 0.6) is 0 Å². The van der Waals surface area contributed by atoms with Crippen molar-refractivity contribution < 1.29 is 14.3 Å². The van der Waals surface area contributed by atoms with Crippen molar-refractivity contribution in [3.63, 3.8) is 0 Å². The van der Waals surface area contributed by atoms with Crippen molar-refractivity contribution >= 4 is 5.91 Å². The van der Waals surface area contributed by atoms with E-state index in [0.717, 1.165) is 0 Å². The van der Waals surface area contributed by atoms with Gasteiger partial charge >= 0.3 is 0 Å². The van der Waals surface area contributed by atoms with Crippen LogP contribution in [0.15, 0.2) is 0 Å². The van der Waals surface area contributed by atoms with E-state index in [4.69, 9.17) is 9.47 Å². The number of amides is 1. The smallest absolute Gasteiger partial charge is 0.219 e. The Morgan fingerprint density at radius 1 is 1.25 bits per heavy atom. The lowest BCUT2D eigenvalue weighted by Crippen LogP contribution is -2.27. The van der Waals surface area contributed by atoms with Gasteiger partial charge in [0.25, 0.3) is 0 Å². The van der Waals surface area contributed by atoms with Crippen molar-refractivity contribution in [2.75, 3.05) is 27.3 Å². The van der Waals surface area contributed by atoms with Gasteiger partial charge in [0, 0.05) is 34.2 Å². The zero-order valence-electron chi connectivity index (χ0n) is 7.74. The molecule has 0 bridgehead atoms. The maximum Gasteiger partial charge on any atom is 0.219 e. The fourth-order valence-electron chi connectivity index (χ4n) is 1.45. The molecule has 1 amide bonds. The van der Waals surface area contributed by atoms with Crippen LogP contribution in [0.2, 0.25) is 0 Å². The van der Waals surface area contributed by atoms with Gasteiger partial charge in [-0.3, -0.25) is 4.79 Å². The summed E-state index contributed by atoms with van der Waals surface area (Å²) in [5, 5.41) is 0. The van der Waals surface area contributed by atoms with Gasteiger partial charge in [-0.05, 0) is 0 Å². The lowest BCUT2D eigenvalue weighted by Gasteiger charge is -2.13. The van der Waals surface area contributed by atoms with E-state index in [1.165, 1.54) is 0 Å². The summed E-state index contributed by atoms with van der Waals surface area (Å²) in [5.41, 5.74) is 0. The summed E-state index contributed by atoms with van der Waals surface area (Å²) < 4.78 is 10.4. The van der Waals surface area contributed by atoms with Gasteiger partial charge in [0.1, 0.15) is 12.2 Å². The highest BCUT2D eigenvalue weighted by atomic mass is 16.5. The molecular weight excluding hydrogens is 158 g/mol. The van der Waals surface area contributed by atoms with Crippen LogP contribution in [0, 0.1) is 0 Å². The molecule has 4 heteroatoms. The monoisotopic (exact) mass is 173 g/mol. The summed E-state index contributed by atoms with van der Waals surface area (Å²) in [5.74, 6) is 0.0802. The molecule has 0 aromatic heterocycles. The highest BCUT2D eigenvalue weighted by Gasteiger charge is 2.33. The third-order valence-corrected chi connectivity index (χ3v) is 2.27. The molecule has 1 rings (SSSR count). The Morgan fingerprint density at radius 2 is 1.67 bits per heavy atom. The Bertz CT molecular complexity index is 160. The number of ether oxygens (including phenoxy) is 2. The molecule has 70 valence electrons. The minimum absolute atomic E-state index is 0.0268. The molecular formula is C8H15NO3. The van der Waals surface area contributed by atoms with E-state index >= 15 is 0 Å². The quantitative estimate of drug-likeness (QED) is 0.584. The van der Waals surface area contributed by atoms with Crippen LogP contribution in [0.1, 0.15) is 6.92 Å². The lowest BCUT2D eigenvalue weighted by atomic mass is 10.3. The van der Waals surface area contributed by atoms with Gasteiger partial charge < -0.3 is 14.4 Å². The second-order valence-corrected chi connectivity index (χ2v) is 2.97. The zero-order valence-corrected chi connectivity index (χ0v) is 7.74. The van der Waals surface area contributed by atoms with Crippen LogP contribution in [-0.2, 0) is 14.3 Å². The predicted molar refractivity (Wildman–Crippen MR) is 43.8 cm³/mol. The van der Waals surface area contributed by atoms with Gasteiger partial charge in [0.15, 0.2) is 0 Å². The van der Waals surface area contributed by atoms with Crippen molar-refractivity contribution in [2.24, 2.45) is 0 Å². The third kappa shape index (κ3) is 1.76. The number of hydrogen-bond donors (Lipinski definition) is 0. The Balaban J connectivity index is 2.53. The zero-order chi connectivity index (χ0) is 9.14. The summed E-state index contributed by atoms with van der Waals surface area (Å²) in [6, 6.07) is 0. The largest absolute Gasteiger partial charge is 0.377 e. The van der Waals surface area contributed by atoms with Crippen LogP contribution in [-0.4, -0.2) is 50.3 Å². The van der Waals surface area contributed by atoms with E-state index in [1.807, 2.05) is 0 Å². The third-order valence-electron chi connectivity index (χ3n) is 2.27. The number of hydrogen-bond acceptors (Lipinski definition) is 3. The molecule has 0 N–H and O–H groups in total. The highest BCUT2D eigenvalue weighted by molar-refractivity contribution is 5.73. The molecule has 1 aliphatic heterocycles. The highest BCUT2D eigenvalue weighted by Crippen LogP contribution is 2.15. The molecule has 1 aliphatic rings. The van der Waals surface area contributed by atoms with E-state index in [9.17, 15) is 4.79 Å². The van der Waals surface area contributed by atoms with Crippen LogP contribution in [0.25, 0.3) is 0 Å². The summed E-state index contributed by atoms with van der Waals surface area (Å²) in [6.07, 6.45) is 0.0535. The summed E-state index contributed by atoms with van der Waals surface area (Å²) in [6.45, 7) is 2.85. The second kappa shape index (κ2) is 3.87. The van der Waals surface area contributed by atoms with E-state index in [2.05, 4.69) is 0 Å². The van der Waals surface area contributed by atoms with Crippen molar-refractivity contribution in [3.8, 4) is 0 Å². The van der Waals surface area contributed by atoms with Gasteiger partial charge in [0.2, 0.25) is 5.91 Å². The standard InChI is InChI=1S/C8H15NO3/c1-6(10)9-4-7(11-2)8(5-9)12-3/h7-8H,4-5H2,1-3H3. The number of carbonyl (C=O) groups is 1. The van der Waals surface area contributed by atoms with Crippen LogP contribution < -0.4 is 0 Å². The molecule has 4 nitrogen and oxygen atoms in total. The SMILES string of the molecule is COC1CN(C(C)=O)CC1OC.